The van der Waals surface area contributed by atoms with Crippen molar-refractivity contribution in [3.8, 4) is 0 Å². The van der Waals surface area contributed by atoms with Gasteiger partial charge in [-0.1, -0.05) is 37.8 Å². The van der Waals surface area contributed by atoms with E-state index in [1.807, 2.05) is 6.07 Å². The number of likely N-dealkylation sites (tertiary alicyclic amines) is 1. The molecule has 1 saturated heterocycles. The number of thiazole rings is 1. The second-order valence-electron chi connectivity index (χ2n) is 6.95. The molecule has 122 valence electrons. The molecule has 0 radical (unpaired) electrons. The Balaban J connectivity index is 1.46. The first-order chi connectivity index (χ1) is 11.3. The predicted molar refractivity (Wildman–Crippen MR) is 94.5 cm³/mol. The monoisotopic (exact) mass is 328 g/mol. The summed E-state index contributed by atoms with van der Waals surface area (Å²) in [5.41, 5.74) is 1.07. The predicted octanol–water partition coefficient (Wildman–Crippen LogP) is 4.93. The van der Waals surface area contributed by atoms with Crippen LogP contribution in [0.1, 0.15) is 62.4 Å². The lowest BCUT2D eigenvalue weighted by Gasteiger charge is -2.23. The van der Waals surface area contributed by atoms with Gasteiger partial charge in [-0.2, -0.15) is 0 Å². The Kier molecular flexibility index (Phi) is 4.34. The Hall–Kier alpha value is -1.42. The summed E-state index contributed by atoms with van der Waals surface area (Å²) in [7, 11) is 0. The highest BCUT2D eigenvalue weighted by atomic mass is 32.1. The number of amides is 1. The maximum absolute atomic E-state index is 12.7. The van der Waals surface area contributed by atoms with Gasteiger partial charge in [-0.25, -0.2) is 4.98 Å². The van der Waals surface area contributed by atoms with Crippen LogP contribution in [0.3, 0.4) is 0 Å². The number of benzene rings is 1. The summed E-state index contributed by atoms with van der Waals surface area (Å²) in [4.78, 5) is 19.6. The van der Waals surface area contributed by atoms with Crippen LogP contribution in [0.4, 0.5) is 0 Å². The van der Waals surface area contributed by atoms with Crippen LogP contribution in [0.2, 0.25) is 0 Å². The lowest BCUT2D eigenvalue weighted by molar-refractivity contribution is -0.132. The maximum atomic E-state index is 12.7. The molecule has 4 rings (SSSR count). The quantitative estimate of drug-likeness (QED) is 0.797. The topological polar surface area (TPSA) is 33.2 Å². The number of hydrogen-bond acceptors (Lipinski definition) is 3. The molecule has 1 aliphatic heterocycles. The van der Waals surface area contributed by atoms with Crippen molar-refractivity contribution in [1.29, 1.82) is 0 Å². The minimum atomic E-state index is 0.212. The third kappa shape index (κ3) is 3.14. The van der Waals surface area contributed by atoms with Gasteiger partial charge in [0.25, 0.3) is 0 Å². The number of fused-ring (bicyclic) bond motifs is 1. The van der Waals surface area contributed by atoms with Gasteiger partial charge < -0.3 is 4.90 Å². The summed E-state index contributed by atoms with van der Waals surface area (Å²) in [5, 5.41) is 1.12. The highest BCUT2D eigenvalue weighted by molar-refractivity contribution is 7.18. The number of para-hydroxylation sites is 1. The van der Waals surface area contributed by atoms with Crippen molar-refractivity contribution in [2.75, 3.05) is 6.54 Å². The lowest BCUT2D eigenvalue weighted by Crippen LogP contribution is -2.30. The first kappa shape index (κ1) is 15.1. The number of nitrogens with zero attached hydrogens (tertiary/aromatic N) is 2. The fourth-order valence-corrected chi connectivity index (χ4v) is 5.24. The van der Waals surface area contributed by atoms with E-state index in [9.17, 15) is 4.79 Å². The number of carbonyl (C=O) groups is 1. The van der Waals surface area contributed by atoms with Crippen molar-refractivity contribution in [2.45, 2.75) is 57.4 Å². The highest BCUT2D eigenvalue weighted by Gasteiger charge is 2.32. The first-order valence-corrected chi connectivity index (χ1v) is 9.78. The van der Waals surface area contributed by atoms with E-state index < -0.39 is 0 Å². The Morgan fingerprint density at radius 1 is 1.17 bits per heavy atom. The van der Waals surface area contributed by atoms with Crippen LogP contribution in [0, 0.1) is 5.92 Å². The van der Waals surface area contributed by atoms with Gasteiger partial charge in [0.05, 0.1) is 16.3 Å². The highest BCUT2D eigenvalue weighted by Crippen LogP contribution is 2.37. The zero-order valence-electron chi connectivity index (χ0n) is 13.5. The van der Waals surface area contributed by atoms with E-state index in [0.717, 1.165) is 48.7 Å². The van der Waals surface area contributed by atoms with Crippen molar-refractivity contribution in [3.63, 3.8) is 0 Å². The maximum Gasteiger partial charge on any atom is 0.223 e. The molecule has 1 saturated carbocycles. The Labute approximate surface area is 141 Å². The molecule has 2 heterocycles. The molecule has 0 bridgehead atoms. The van der Waals surface area contributed by atoms with Gasteiger partial charge in [0.1, 0.15) is 5.01 Å². The Bertz CT molecular complexity index is 656. The van der Waals surface area contributed by atoms with Crippen LogP contribution in [-0.2, 0) is 4.79 Å². The zero-order chi connectivity index (χ0) is 15.6. The average Bonchev–Trinajstić information content (AvgIpc) is 3.31. The van der Waals surface area contributed by atoms with Gasteiger partial charge in [0.15, 0.2) is 0 Å². The summed E-state index contributed by atoms with van der Waals surface area (Å²) in [6, 6.07) is 8.49. The average molecular weight is 328 g/mol. The second-order valence-corrected chi connectivity index (χ2v) is 8.02. The van der Waals surface area contributed by atoms with Gasteiger partial charge in [-0.3, -0.25) is 4.79 Å². The van der Waals surface area contributed by atoms with Crippen molar-refractivity contribution in [1.82, 2.24) is 9.88 Å². The van der Waals surface area contributed by atoms with Crippen molar-refractivity contribution >= 4 is 27.5 Å². The van der Waals surface area contributed by atoms with E-state index in [2.05, 4.69) is 23.1 Å². The van der Waals surface area contributed by atoms with Crippen molar-refractivity contribution in [3.05, 3.63) is 29.3 Å². The summed E-state index contributed by atoms with van der Waals surface area (Å²) in [6.45, 7) is 0.907. The molecular formula is C19H24N2OS. The number of rotatable bonds is 4. The minimum absolute atomic E-state index is 0.212. The number of aromatic nitrogens is 1. The van der Waals surface area contributed by atoms with Crippen LogP contribution in [0.15, 0.2) is 24.3 Å². The normalized spacial score (nSPS) is 22.3. The first-order valence-electron chi connectivity index (χ1n) is 8.96. The van der Waals surface area contributed by atoms with E-state index in [4.69, 9.17) is 4.98 Å². The molecule has 2 fully saturated rings. The Morgan fingerprint density at radius 3 is 2.83 bits per heavy atom. The molecule has 4 heteroatoms. The van der Waals surface area contributed by atoms with Gasteiger partial charge in [0, 0.05) is 13.0 Å². The number of hydrogen-bond donors (Lipinski definition) is 0. The van der Waals surface area contributed by atoms with Crippen LogP contribution < -0.4 is 0 Å². The second kappa shape index (κ2) is 6.60. The third-order valence-electron chi connectivity index (χ3n) is 5.41. The molecule has 1 amide bonds. The summed E-state index contributed by atoms with van der Waals surface area (Å²) in [6.07, 6.45) is 9.36. The molecule has 1 aromatic carbocycles. The van der Waals surface area contributed by atoms with Gasteiger partial charge in [-0.15, -0.1) is 11.3 Å². The standard InChI is InChI=1S/C19H24N2OS/c22-18(12-11-14-6-1-2-7-14)21-13-5-9-16(21)19-20-15-8-3-4-10-17(15)23-19/h3-4,8,10,14,16H,1-2,5-7,9,11-13H2/t16-/m1/s1. The van der Waals surface area contributed by atoms with Crippen LogP contribution in [0.5, 0.6) is 0 Å². The summed E-state index contributed by atoms with van der Waals surface area (Å²) < 4.78 is 1.23. The molecule has 23 heavy (non-hydrogen) atoms. The number of carbonyl (C=O) groups excluding carboxylic acids is 1. The van der Waals surface area contributed by atoms with Gasteiger partial charge in [0.2, 0.25) is 5.91 Å². The summed E-state index contributed by atoms with van der Waals surface area (Å²) >= 11 is 1.75. The van der Waals surface area contributed by atoms with E-state index in [0.29, 0.717) is 5.91 Å². The fraction of sp³-hybridized carbons (Fsp3) is 0.579. The molecular weight excluding hydrogens is 304 g/mol. The molecule has 2 aromatic rings. The lowest BCUT2D eigenvalue weighted by atomic mass is 10.0. The van der Waals surface area contributed by atoms with Crippen LogP contribution >= 0.6 is 11.3 Å². The van der Waals surface area contributed by atoms with Gasteiger partial charge >= 0.3 is 0 Å². The zero-order valence-corrected chi connectivity index (χ0v) is 14.4. The van der Waals surface area contributed by atoms with Crippen molar-refractivity contribution < 1.29 is 4.79 Å². The molecule has 1 aromatic heterocycles. The molecule has 2 aliphatic rings. The van der Waals surface area contributed by atoms with E-state index in [-0.39, 0.29) is 6.04 Å². The summed E-state index contributed by atoms with van der Waals surface area (Å²) in [5.74, 6) is 1.14. The van der Waals surface area contributed by atoms with E-state index >= 15 is 0 Å². The molecule has 0 spiro atoms. The SMILES string of the molecule is O=C(CCC1CCCC1)N1CCC[C@@H]1c1nc2ccccc2s1. The smallest absolute Gasteiger partial charge is 0.223 e. The van der Waals surface area contributed by atoms with Crippen LogP contribution in [-0.4, -0.2) is 22.3 Å². The minimum Gasteiger partial charge on any atom is -0.333 e. The van der Waals surface area contributed by atoms with E-state index in [1.165, 1.54) is 30.4 Å². The third-order valence-corrected chi connectivity index (χ3v) is 6.55. The molecule has 1 atom stereocenters. The van der Waals surface area contributed by atoms with Crippen molar-refractivity contribution in [2.24, 2.45) is 5.92 Å². The fourth-order valence-electron chi connectivity index (χ4n) is 4.12. The van der Waals surface area contributed by atoms with E-state index in [1.54, 1.807) is 11.3 Å². The molecule has 1 aliphatic carbocycles. The molecule has 0 N–H and O–H groups in total. The van der Waals surface area contributed by atoms with Crippen LogP contribution in [0.25, 0.3) is 10.2 Å². The Morgan fingerprint density at radius 2 is 2.00 bits per heavy atom. The van der Waals surface area contributed by atoms with Gasteiger partial charge in [-0.05, 0) is 37.3 Å². The molecule has 0 unspecified atom stereocenters. The molecule has 3 nitrogen and oxygen atoms in total. The largest absolute Gasteiger partial charge is 0.333 e.